The van der Waals surface area contributed by atoms with Crippen molar-refractivity contribution in [1.29, 1.82) is 0 Å². The Morgan fingerprint density at radius 1 is 0.727 bits per heavy atom. The Morgan fingerprint density at radius 3 is 1.97 bits per heavy atom. The van der Waals surface area contributed by atoms with Crippen LogP contribution in [0.1, 0.15) is 80.0 Å². The maximum atomic E-state index is 3.88. The third-order valence-electron chi connectivity index (χ3n) is 7.58. The third-order valence-corrected chi connectivity index (χ3v) is 7.58. The molecule has 0 saturated heterocycles. The minimum absolute atomic E-state index is 0.766. The maximum Gasteiger partial charge on any atom is -0.0162 e. The Bertz CT molecular complexity index is 1050. The zero-order chi connectivity index (χ0) is 22.9. The second-order valence-electron chi connectivity index (χ2n) is 9.95. The summed E-state index contributed by atoms with van der Waals surface area (Å²) in [5.74, 6) is 1.69. The minimum atomic E-state index is 0.766. The van der Waals surface area contributed by atoms with E-state index < -0.39 is 0 Å². The van der Waals surface area contributed by atoms with Gasteiger partial charge in [0.1, 0.15) is 0 Å². The van der Waals surface area contributed by atoms with Crippen molar-refractivity contribution in [3.05, 3.63) is 108 Å². The van der Waals surface area contributed by atoms with Crippen LogP contribution in [0.15, 0.2) is 85.5 Å². The van der Waals surface area contributed by atoms with Crippen molar-refractivity contribution in [3.63, 3.8) is 0 Å². The van der Waals surface area contributed by atoms with E-state index in [2.05, 4.69) is 92.4 Å². The average molecular weight is 437 g/mol. The van der Waals surface area contributed by atoms with E-state index in [1.165, 1.54) is 66.0 Å². The fourth-order valence-corrected chi connectivity index (χ4v) is 5.46. The van der Waals surface area contributed by atoms with Gasteiger partial charge in [-0.3, -0.25) is 0 Å². The molecule has 0 bridgehead atoms. The Hall–Kier alpha value is -2.60. The topological polar surface area (TPSA) is 0 Å². The number of rotatable bonds is 10. The number of hydrogen-bond acceptors (Lipinski definition) is 0. The first kappa shape index (κ1) is 23.6. The summed E-state index contributed by atoms with van der Waals surface area (Å²) in [6, 6.07) is 23.5. The second kappa shape index (κ2) is 12.0. The summed E-state index contributed by atoms with van der Waals surface area (Å²) >= 11 is 0. The predicted octanol–water partition coefficient (Wildman–Crippen LogP) is 9.37. The van der Waals surface area contributed by atoms with Crippen molar-refractivity contribution in [2.75, 3.05) is 0 Å². The van der Waals surface area contributed by atoms with Crippen molar-refractivity contribution in [3.8, 4) is 0 Å². The quantitative estimate of drug-likeness (QED) is 0.278. The van der Waals surface area contributed by atoms with E-state index >= 15 is 0 Å². The van der Waals surface area contributed by atoms with Crippen LogP contribution in [-0.2, 0) is 19.3 Å². The molecule has 0 N–H and O–H groups in total. The lowest BCUT2D eigenvalue weighted by Gasteiger charge is -2.28. The monoisotopic (exact) mass is 436 g/mol. The molecular formula is C33H40. The molecular weight excluding hydrogens is 396 g/mol. The number of hydrogen-bond donors (Lipinski definition) is 0. The van der Waals surface area contributed by atoms with E-state index in [1.807, 2.05) is 0 Å². The Kier molecular flexibility index (Phi) is 8.59. The molecule has 1 aliphatic carbocycles. The van der Waals surface area contributed by atoms with Crippen molar-refractivity contribution >= 4 is 10.8 Å². The summed E-state index contributed by atoms with van der Waals surface area (Å²) in [6.07, 6.45) is 18.9. The van der Waals surface area contributed by atoms with Crippen molar-refractivity contribution in [1.82, 2.24) is 0 Å². The molecule has 0 unspecified atom stereocenters. The number of fused-ring (bicyclic) bond motifs is 1. The summed E-state index contributed by atoms with van der Waals surface area (Å²) in [5.41, 5.74) is 5.87. The number of allylic oxidation sites excluding steroid dienone is 3. The lowest BCUT2D eigenvalue weighted by Crippen LogP contribution is -2.13. The van der Waals surface area contributed by atoms with Gasteiger partial charge in [-0.2, -0.15) is 0 Å². The Balaban J connectivity index is 1.30. The van der Waals surface area contributed by atoms with Gasteiger partial charge in [-0.1, -0.05) is 78.9 Å². The van der Waals surface area contributed by atoms with Crippen LogP contribution in [0, 0.1) is 5.92 Å². The molecule has 172 valence electrons. The molecule has 0 aromatic heterocycles. The zero-order valence-corrected chi connectivity index (χ0v) is 20.4. The van der Waals surface area contributed by atoms with E-state index in [4.69, 9.17) is 0 Å². The first-order valence-electron chi connectivity index (χ1n) is 13.1. The molecule has 4 rings (SSSR count). The van der Waals surface area contributed by atoms with Gasteiger partial charge in [0.25, 0.3) is 0 Å². The highest BCUT2D eigenvalue weighted by Gasteiger charge is 2.21. The Morgan fingerprint density at radius 2 is 1.33 bits per heavy atom. The fraction of sp³-hybridized carbons (Fsp3) is 0.394. The van der Waals surface area contributed by atoms with Crippen LogP contribution in [-0.4, -0.2) is 0 Å². The van der Waals surface area contributed by atoms with Crippen molar-refractivity contribution in [2.45, 2.75) is 77.0 Å². The summed E-state index contributed by atoms with van der Waals surface area (Å²) in [5, 5.41) is 2.72. The summed E-state index contributed by atoms with van der Waals surface area (Å²) in [4.78, 5) is 0. The Labute approximate surface area is 201 Å². The van der Waals surface area contributed by atoms with Crippen LogP contribution >= 0.6 is 0 Å². The van der Waals surface area contributed by atoms with E-state index in [0.29, 0.717) is 0 Å². The van der Waals surface area contributed by atoms with Gasteiger partial charge >= 0.3 is 0 Å². The molecule has 1 fully saturated rings. The maximum absolute atomic E-state index is 3.88. The molecule has 0 heterocycles. The molecule has 0 heteroatoms. The number of aryl methyl sites for hydroxylation is 3. The van der Waals surface area contributed by atoms with Crippen LogP contribution in [0.3, 0.4) is 0 Å². The minimum Gasteiger partial charge on any atom is -0.103 e. The zero-order valence-electron chi connectivity index (χ0n) is 20.4. The fourth-order valence-electron chi connectivity index (χ4n) is 5.46. The van der Waals surface area contributed by atoms with Crippen LogP contribution in [0.4, 0.5) is 0 Å². The predicted molar refractivity (Wildman–Crippen MR) is 145 cm³/mol. The normalized spacial score (nSPS) is 18.7. The first-order chi connectivity index (χ1) is 16.2. The molecule has 3 aromatic rings. The van der Waals surface area contributed by atoms with Crippen LogP contribution in [0.5, 0.6) is 0 Å². The van der Waals surface area contributed by atoms with Gasteiger partial charge in [-0.05, 0) is 116 Å². The van der Waals surface area contributed by atoms with Gasteiger partial charge in [-0.25, -0.2) is 0 Å². The molecule has 0 nitrogen and oxygen atoms in total. The van der Waals surface area contributed by atoms with Crippen LogP contribution in [0.2, 0.25) is 0 Å². The summed E-state index contributed by atoms with van der Waals surface area (Å²) < 4.78 is 0. The van der Waals surface area contributed by atoms with Gasteiger partial charge in [0.2, 0.25) is 0 Å². The first-order valence-corrected chi connectivity index (χ1v) is 13.1. The standard InChI is InChI=1S/C33H40/c1-3-5-7-9-28-16-22-33-25-29(17-23-32(33)24-28)11-10-27-14-20-31(21-15-27)30-18-12-26(13-19-30)8-6-4-2/h3-5,14-17,20-26,30H,2,6-13,18-19H2,1H3/b5-3+. The van der Waals surface area contributed by atoms with E-state index in [-0.39, 0.29) is 0 Å². The smallest absolute Gasteiger partial charge is 0.0162 e. The van der Waals surface area contributed by atoms with Gasteiger partial charge in [0, 0.05) is 0 Å². The van der Waals surface area contributed by atoms with Crippen molar-refractivity contribution < 1.29 is 0 Å². The molecule has 0 atom stereocenters. The second-order valence-corrected chi connectivity index (χ2v) is 9.95. The highest BCUT2D eigenvalue weighted by Crippen LogP contribution is 2.37. The van der Waals surface area contributed by atoms with Crippen LogP contribution in [0.25, 0.3) is 10.8 Å². The molecule has 0 aliphatic heterocycles. The molecule has 0 spiro atoms. The van der Waals surface area contributed by atoms with Gasteiger partial charge < -0.3 is 0 Å². The van der Waals surface area contributed by atoms with Gasteiger partial charge in [-0.15, -0.1) is 6.58 Å². The lowest BCUT2D eigenvalue weighted by atomic mass is 9.77. The molecule has 33 heavy (non-hydrogen) atoms. The molecule has 3 aromatic carbocycles. The average Bonchev–Trinajstić information content (AvgIpc) is 2.87. The summed E-state index contributed by atoms with van der Waals surface area (Å²) in [7, 11) is 0. The molecule has 0 amide bonds. The molecule has 1 aliphatic rings. The number of benzene rings is 3. The van der Waals surface area contributed by atoms with Crippen molar-refractivity contribution in [2.24, 2.45) is 5.92 Å². The van der Waals surface area contributed by atoms with Crippen LogP contribution < -0.4 is 0 Å². The van der Waals surface area contributed by atoms with E-state index in [0.717, 1.165) is 37.5 Å². The highest BCUT2D eigenvalue weighted by molar-refractivity contribution is 5.83. The lowest BCUT2D eigenvalue weighted by molar-refractivity contribution is 0.312. The van der Waals surface area contributed by atoms with E-state index in [9.17, 15) is 0 Å². The third kappa shape index (κ3) is 6.70. The molecule has 1 saturated carbocycles. The van der Waals surface area contributed by atoms with E-state index in [1.54, 1.807) is 5.56 Å². The van der Waals surface area contributed by atoms with Gasteiger partial charge in [0.05, 0.1) is 0 Å². The van der Waals surface area contributed by atoms with Gasteiger partial charge in [0.15, 0.2) is 0 Å². The highest BCUT2D eigenvalue weighted by atomic mass is 14.3. The molecule has 0 radical (unpaired) electrons. The largest absolute Gasteiger partial charge is 0.103 e. The SMILES string of the molecule is C=CCCC1CCC(c2ccc(CCc3ccc4cc(CC/C=C/C)ccc4c3)cc2)CC1. The summed E-state index contributed by atoms with van der Waals surface area (Å²) in [6.45, 7) is 5.97.